The molecule has 21 heavy (non-hydrogen) atoms. The Morgan fingerprint density at radius 1 is 1.00 bits per heavy atom. The van der Waals surface area contributed by atoms with Crippen molar-refractivity contribution >= 4 is 11.6 Å². The van der Waals surface area contributed by atoms with E-state index < -0.39 is 0 Å². The lowest BCUT2D eigenvalue weighted by molar-refractivity contribution is 0.182. The summed E-state index contributed by atoms with van der Waals surface area (Å²) in [6.45, 7) is 15.1. The Bertz CT molecular complexity index is 421. The van der Waals surface area contributed by atoms with Gasteiger partial charge in [0.15, 0.2) is 0 Å². The van der Waals surface area contributed by atoms with Crippen LogP contribution in [0, 0.1) is 0 Å². The zero-order chi connectivity index (χ0) is 16.0. The Kier molecular flexibility index (Phi) is 6.89. The maximum absolute atomic E-state index is 4.59. The largest absolute Gasteiger partial charge is 0.373 e. The fourth-order valence-corrected chi connectivity index (χ4v) is 2.37. The number of hydrogen-bond acceptors (Lipinski definition) is 5. The van der Waals surface area contributed by atoms with Crippen LogP contribution in [0.25, 0.3) is 0 Å². The molecule has 120 valence electrons. The van der Waals surface area contributed by atoms with E-state index in [1.54, 1.807) is 0 Å². The highest BCUT2D eigenvalue weighted by atomic mass is 15.2. The zero-order valence-electron chi connectivity index (χ0n) is 14.6. The summed E-state index contributed by atoms with van der Waals surface area (Å²) in [5.74, 6) is 2.95. The fourth-order valence-electron chi connectivity index (χ4n) is 2.37. The molecule has 2 N–H and O–H groups in total. The van der Waals surface area contributed by atoms with Crippen molar-refractivity contribution in [2.24, 2.45) is 0 Å². The third-order valence-corrected chi connectivity index (χ3v) is 3.52. The van der Waals surface area contributed by atoms with Gasteiger partial charge in [0.05, 0.1) is 0 Å². The van der Waals surface area contributed by atoms with E-state index in [4.69, 9.17) is 0 Å². The topological polar surface area (TPSA) is 53.1 Å². The summed E-state index contributed by atoms with van der Waals surface area (Å²) in [7, 11) is 1.88. The molecule has 0 saturated heterocycles. The van der Waals surface area contributed by atoms with Crippen molar-refractivity contribution < 1.29 is 0 Å². The standard InChI is InChI=1S/C16H31N5/c1-11(2)16-19-14(17-7)10-15(20-16)18-8-9-21(12(3)4)13(5)6/h10-13H,8-9H2,1-7H3,(H2,17,18,19,20). The van der Waals surface area contributed by atoms with E-state index >= 15 is 0 Å². The minimum atomic E-state index is 0.321. The zero-order valence-corrected chi connectivity index (χ0v) is 14.6. The highest BCUT2D eigenvalue weighted by Gasteiger charge is 2.13. The Morgan fingerprint density at radius 3 is 2.05 bits per heavy atom. The van der Waals surface area contributed by atoms with E-state index in [0.717, 1.165) is 30.5 Å². The monoisotopic (exact) mass is 293 g/mol. The van der Waals surface area contributed by atoms with Gasteiger partial charge in [-0.25, -0.2) is 9.97 Å². The molecular formula is C16H31N5. The summed E-state index contributed by atoms with van der Waals surface area (Å²) >= 11 is 0. The van der Waals surface area contributed by atoms with Crippen molar-refractivity contribution in [2.75, 3.05) is 30.8 Å². The van der Waals surface area contributed by atoms with Crippen LogP contribution in [0.15, 0.2) is 6.07 Å². The quantitative estimate of drug-likeness (QED) is 0.771. The molecule has 0 spiro atoms. The van der Waals surface area contributed by atoms with Crippen LogP contribution in [0.2, 0.25) is 0 Å². The molecule has 0 fully saturated rings. The van der Waals surface area contributed by atoms with E-state index in [9.17, 15) is 0 Å². The van der Waals surface area contributed by atoms with Crippen molar-refractivity contribution in [2.45, 2.75) is 59.5 Å². The van der Waals surface area contributed by atoms with Gasteiger partial charge in [-0.2, -0.15) is 0 Å². The SMILES string of the molecule is CNc1cc(NCCN(C(C)C)C(C)C)nc(C(C)C)n1. The van der Waals surface area contributed by atoms with Crippen LogP contribution in [-0.4, -0.2) is 47.1 Å². The summed E-state index contributed by atoms with van der Waals surface area (Å²) < 4.78 is 0. The number of anilines is 2. The number of rotatable bonds is 8. The first kappa shape index (κ1) is 17.7. The first-order chi connectivity index (χ1) is 9.85. The molecule has 1 aromatic rings. The van der Waals surface area contributed by atoms with Crippen molar-refractivity contribution in [3.63, 3.8) is 0 Å². The fraction of sp³-hybridized carbons (Fsp3) is 0.750. The molecule has 1 heterocycles. The molecule has 5 nitrogen and oxygen atoms in total. The van der Waals surface area contributed by atoms with E-state index in [-0.39, 0.29) is 0 Å². The van der Waals surface area contributed by atoms with Gasteiger partial charge in [0.1, 0.15) is 17.5 Å². The Morgan fingerprint density at radius 2 is 1.57 bits per heavy atom. The number of hydrogen-bond donors (Lipinski definition) is 2. The second-order valence-electron chi connectivity index (χ2n) is 6.25. The maximum Gasteiger partial charge on any atom is 0.135 e. The van der Waals surface area contributed by atoms with Gasteiger partial charge in [0, 0.05) is 44.2 Å². The maximum atomic E-state index is 4.59. The van der Waals surface area contributed by atoms with Gasteiger partial charge in [-0.1, -0.05) is 13.8 Å². The van der Waals surface area contributed by atoms with Gasteiger partial charge in [-0.05, 0) is 27.7 Å². The third kappa shape index (κ3) is 5.50. The van der Waals surface area contributed by atoms with Gasteiger partial charge in [0.2, 0.25) is 0 Å². The second kappa shape index (κ2) is 8.17. The number of nitrogens with one attached hydrogen (secondary N) is 2. The molecule has 1 rings (SSSR count). The lowest BCUT2D eigenvalue weighted by Crippen LogP contribution is -2.40. The summed E-state index contributed by atoms with van der Waals surface area (Å²) in [4.78, 5) is 11.5. The van der Waals surface area contributed by atoms with E-state index in [2.05, 4.69) is 67.0 Å². The van der Waals surface area contributed by atoms with Crippen molar-refractivity contribution in [3.8, 4) is 0 Å². The molecule has 0 atom stereocenters. The van der Waals surface area contributed by atoms with Gasteiger partial charge in [0.25, 0.3) is 0 Å². The lowest BCUT2D eigenvalue weighted by Gasteiger charge is -2.30. The van der Waals surface area contributed by atoms with Crippen LogP contribution in [0.5, 0.6) is 0 Å². The Labute approximate surface area is 129 Å². The average Bonchev–Trinajstić information content (AvgIpc) is 2.42. The molecular weight excluding hydrogens is 262 g/mol. The van der Waals surface area contributed by atoms with Crippen LogP contribution >= 0.6 is 0 Å². The van der Waals surface area contributed by atoms with E-state index in [1.165, 1.54) is 0 Å². The molecule has 0 aliphatic carbocycles. The summed E-state index contributed by atoms with van der Waals surface area (Å²) in [5.41, 5.74) is 0. The van der Waals surface area contributed by atoms with Crippen LogP contribution in [0.4, 0.5) is 11.6 Å². The van der Waals surface area contributed by atoms with Crippen molar-refractivity contribution in [1.29, 1.82) is 0 Å². The molecule has 5 heteroatoms. The molecule has 0 aromatic carbocycles. The van der Waals surface area contributed by atoms with E-state index in [0.29, 0.717) is 18.0 Å². The Hall–Kier alpha value is -1.36. The predicted molar refractivity (Wildman–Crippen MR) is 91.1 cm³/mol. The molecule has 0 aliphatic rings. The van der Waals surface area contributed by atoms with Gasteiger partial charge < -0.3 is 10.6 Å². The lowest BCUT2D eigenvalue weighted by atomic mass is 10.2. The van der Waals surface area contributed by atoms with E-state index in [1.807, 2.05) is 13.1 Å². The number of aromatic nitrogens is 2. The molecule has 0 aliphatic heterocycles. The Balaban J connectivity index is 2.68. The average molecular weight is 293 g/mol. The first-order valence-corrected chi connectivity index (χ1v) is 7.91. The van der Waals surface area contributed by atoms with Crippen LogP contribution in [0.3, 0.4) is 0 Å². The van der Waals surface area contributed by atoms with Gasteiger partial charge in [-0.15, -0.1) is 0 Å². The second-order valence-corrected chi connectivity index (χ2v) is 6.25. The predicted octanol–water partition coefficient (Wildman–Crippen LogP) is 3.17. The van der Waals surface area contributed by atoms with Crippen LogP contribution in [0.1, 0.15) is 53.3 Å². The molecule has 0 saturated carbocycles. The molecule has 0 unspecified atom stereocenters. The summed E-state index contributed by atoms with van der Waals surface area (Å²) in [5, 5.41) is 6.52. The molecule has 1 aromatic heterocycles. The van der Waals surface area contributed by atoms with Gasteiger partial charge >= 0.3 is 0 Å². The van der Waals surface area contributed by atoms with Crippen molar-refractivity contribution in [3.05, 3.63) is 11.9 Å². The minimum Gasteiger partial charge on any atom is -0.373 e. The minimum absolute atomic E-state index is 0.321. The number of nitrogens with zero attached hydrogens (tertiary/aromatic N) is 3. The smallest absolute Gasteiger partial charge is 0.135 e. The van der Waals surface area contributed by atoms with Crippen molar-refractivity contribution in [1.82, 2.24) is 14.9 Å². The third-order valence-electron chi connectivity index (χ3n) is 3.52. The molecule has 0 bridgehead atoms. The first-order valence-electron chi connectivity index (χ1n) is 7.91. The summed E-state index contributed by atoms with van der Waals surface area (Å²) in [6.07, 6.45) is 0. The van der Waals surface area contributed by atoms with Crippen LogP contribution in [-0.2, 0) is 0 Å². The molecule has 0 amide bonds. The highest BCUT2D eigenvalue weighted by molar-refractivity contribution is 5.47. The summed E-state index contributed by atoms with van der Waals surface area (Å²) in [6, 6.07) is 3.06. The highest BCUT2D eigenvalue weighted by Crippen LogP contribution is 2.16. The normalized spacial score (nSPS) is 11.8. The molecule has 0 radical (unpaired) electrons. The van der Waals surface area contributed by atoms with Gasteiger partial charge in [-0.3, -0.25) is 4.90 Å². The van der Waals surface area contributed by atoms with Crippen LogP contribution < -0.4 is 10.6 Å².